The van der Waals surface area contributed by atoms with Crippen LogP contribution in [0.2, 0.25) is 0 Å². The van der Waals surface area contributed by atoms with Crippen molar-refractivity contribution in [2.45, 2.75) is 134 Å². The number of hydrogen-bond acceptors (Lipinski definition) is 1. The molecule has 0 unspecified atom stereocenters. The first-order valence-electron chi connectivity index (χ1n) is 12.3. The van der Waals surface area contributed by atoms with E-state index in [2.05, 4.69) is 80.4 Å². The van der Waals surface area contributed by atoms with Gasteiger partial charge in [-0.15, -0.1) is 0 Å². The maximum absolute atomic E-state index is 3.85. The lowest BCUT2D eigenvalue weighted by Crippen LogP contribution is -2.22. The van der Waals surface area contributed by atoms with Gasteiger partial charge in [0.2, 0.25) is 0 Å². The highest BCUT2D eigenvalue weighted by atomic mass is 14.9. The number of hydrogen-bond donors (Lipinski definition) is 1. The molecule has 0 aromatic heterocycles. The van der Waals surface area contributed by atoms with Crippen LogP contribution in [0.15, 0.2) is 24.0 Å². The molecule has 3 aliphatic rings. The average Bonchev–Trinajstić information content (AvgIpc) is 3.26. The second-order valence-corrected chi connectivity index (χ2v) is 12.9. The van der Waals surface area contributed by atoms with E-state index >= 15 is 0 Å². The summed E-state index contributed by atoms with van der Waals surface area (Å²) in [5, 5.41) is 3.12. The molecule has 3 rings (SSSR count). The quantitative estimate of drug-likeness (QED) is 0.412. The fraction of sp³-hybridized carbons (Fsp3) is 0.862. The van der Waals surface area contributed by atoms with Gasteiger partial charge in [-0.25, -0.2) is 0 Å². The number of allylic oxidation sites excluding steroid dienone is 1. The van der Waals surface area contributed by atoms with E-state index in [0.717, 1.165) is 24.0 Å². The molecule has 1 aliphatic heterocycles. The zero-order chi connectivity index (χ0) is 22.3. The van der Waals surface area contributed by atoms with Gasteiger partial charge in [0.1, 0.15) is 0 Å². The third-order valence-corrected chi connectivity index (χ3v) is 7.23. The maximum atomic E-state index is 3.85. The summed E-state index contributed by atoms with van der Waals surface area (Å²) in [4.78, 5) is 0. The van der Waals surface area contributed by atoms with Crippen LogP contribution in [-0.4, -0.2) is 0 Å². The van der Waals surface area contributed by atoms with Gasteiger partial charge in [0, 0.05) is 18.3 Å². The Balaban J connectivity index is 0.000000414. The van der Waals surface area contributed by atoms with Crippen LogP contribution in [0.3, 0.4) is 0 Å². The molecule has 0 radical (unpaired) electrons. The highest BCUT2D eigenvalue weighted by molar-refractivity contribution is 5.24. The van der Waals surface area contributed by atoms with Gasteiger partial charge in [-0.3, -0.25) is 0 Å². The highest BCUT2D eigenvalue weighted by Crippen LogP contribution is 2.39. The van der Waals surface area contributed by atoms with Crippen molar-refractivity contribution in [2.75, 3.05) is 0 Å². The Morgan fingerprint density at radius 3 is 1.27 bits per heavy atom. The van der Waals surface area contributed by atoms with Crippen LogP contribution in [-0.2, 0) is 0 Å². The summed E-state index contributed by atoms with van der Waals surface area (Å²) in [5.41, 5.74) is 4.01. The number of rotatable bonds is 0. The molecular weight excluding hydrogens is 362 g/mol. The van der Waals surface area contributed by atoms with Gasteiger partial charge in [-0.2, -0.15) is 0 Å². The van der Waals surface area contributed by atoms with Crippen LogP contribution in [0.25, 0.3) is 0 Å². The van der Waals surface area contributed by atoms with Crippen LogP contribution < -0.4 is 5.32 Å². The molecule has 1 heteroatoms. The molecule has 2 saturated carbocycles. The first-order valence-corrected chi connectivity index (χ1v) is 12.3. The molecule has 0 saturated heterocycles. The lowest BCUT2D eigenvalue weighted by Gasteiger charge is -2.33. The van der Waals surface area contributed by atoms with E-state index in [9.17, 15) is 0 Å². The molecule has 0 spiro atoms. The van der Waals surface area contributed by atoms with Crippen molar-refractivity contribution in [3.8, 4) is 0 Å². The summed E-state index contributed by atoms with van der Waals surface area (Å²) in [7, 11) is 0. The predicted molar refractivity (Wildman–Crippen MR) is 139 cm³/mol. The summed E-state index contributed by atoms with van der Waals surface area (Å²) in [6.07, 6.45) is 16.4. The lowest BCUT2D eigenvalue weighted by atomic mass is 9.72. The van der Waals surface area contributed by atoms with Gasteiger partial charge in [0.15, 0.2) is 0 Å². The molecule has 0 atom stereocenters. The highest BCUT2D eigenvalue weighted by Gasteiger charge is 2.27. The van der Waals surface area contributed by atoms with Crippen molar-refractivity contribution in [2.24, 2.45) is 28.1 Å². The molecule has 30 heavy (non-hydrogen) atoms. The van der Waals surface area contributed by atoms with E-state index in [4.69, 9.17) is 0 Å². The van der Waals surface area contributed by atoms with Crippen LogP contribution in [0.5, 0.6) is 0 Å². The molecule has 1 nitrogen and oxygen atoms in total. The second-order valence-electron chi connectivity index (χ2n) is 12.9. The maximum Gasteiger partial charge on any atom is 0.0115 e. The Labute approximate surface area is 191 Å². The SMILES string of the molecule is C.C=C1CC(C(C)(C)C)=CN1.CC(C)(C)C1CCCC1.CC(C)(C)C1CCCCC1. The smallest absolute Gasteiger partial charge is 0.0115 e. The first kappa shape index (κ1) is 29.3. The van der Waals surface area contributed by atoms with E-state index in [1.165, 1.54) is 63.4 Å². The monoisotopic (exact) mass is 419 g/mol. The zero-order valence-corrected chi connectivity index (χ0v) is 21.5. The molecule has 1 N–H and O–H groups in total. The Morgan fingerprint density at radius 1 is 0.700 bits per heavy atom. The van der Waals surface area contributed by atoms with Gasteiger partial charge >= 0.3 is 0 Å². The molecule has 2 aliphatic carbocycles. The molecule has 1 heterocycles. The largest absolute Gasteiger partial charge is 0.365 e. The summed E-state index contributed by atoms with van der Waals surface area (Å²) in [6.45, 7) is 24.7. The molecule has 0 bridgehead atoms. The van der Waals surface area contributed by atoms with Gasteiger partial charge in [-0.1, -0.05) is 108 Å². The Bertz CT molecular complexity index is 506. The standard InChI is InChI=1S/C10H20.C9H15N.C9H18.CH4/c1-10(2,3)9-7-5-4-6-8-9;1-7-5-8(6-10-7)9(2,3)4;1-9(2,3)8-6-4-5-7-8;/h9H,4-8H2,1-3H3;6,10H,1,5H2,2-4H3;8H,4-7H2,1-3H3;1H4. The Hall–Kier alpha value is -0.720. The van der Waals surface area contributed by atoms with Crippen LogP contribution in [0.4, 0.5) is 0 Å². The minimum Gasteiger partial charge on any atom is -0.365 e. The van der Waals surface area contributed by atoms with Gasteiger partial charge in [0.25, 0.3) is 0 Å². The summed E-state index contributed by atoms with van der Waals surface area (Å²) < 4.78 is 0. The Morgan fingerprint density at radius 2 is 1.07 bits per heavy atom. The normalized spacial score (nSPS) is 20.8. The van der Waals surface area contributed by atoms with Crippen molar-refractivity contribution >= 4 is 0 Å². The summed E-state index contributed by atoms with van der Waals surface area (Å²) >= 11 is 0. The third kappa shape index (κ3) is 11.1. The molecule has 178 valence electrons. The summed E-state index contributed by atoms with van der Waals surface area (Å²) in [6, 6.07) is 0. The van der Waals surface area contributed by atoms with Crippen LogP contribution >= 0.6 is 0 Å². The zero-order valence-electron chi connectivity index (χ0n) is 21.5. The van der Waals surface area contributed by atoms with Gasteiger partial charge in [-0.05, 0) is 59.3 Å². The molecule has 2 fully saturated rings. The molecule has 0 amide bonds. The molecule has 0 aromatic carbocycles. The van der Waals surface area contributed by atoms with Crippen molar-refractivity contribution in [3.63, 3.8) is 0 Å². The van der Waals surface area contributed by atoms with E-state index in [1.54, 1.807) is 0 Å². The van der Waals surface area contributed by atoms with Gasteiger partial charge < -0.3 is 5.32 Å². The fourth-order valence-electron chi connectivity index (χ4n) is 4.76. The second kappa shape index (κ2) is 12.4. The molecule has 0 aromatic rings. The lowest BCUT2D eigenvalue weighted by molar-refractivity contribution is 0.180. The van der Waals surface area contributed by atoms with Crippen molar-refractivity contribution in [1.82, 2.24) is 5.32 Å². The minimum atomic E-state index is 0. The van der Waals surface area contributed by atoms with Crippen LogP contribution in [0, 0.1) is 28.1 Å². The summed E-state index contributed by atoms with van der Waals surface area (Å²) in [5.74, 6) is 2.01. The van der Waals surface area contributed by atoms with Gasteiger partial charge in [0.05, 0.1) is 0 Å². The van der Waals surface area contributed by atoms with Crippen molar-refractivity contribution < 1.29 is 0 Å². The average molecular weight is 420 g/mol. The van der Waals surface area contributed by atoms with Crippen molar-refractivity contribution in [1.29, 1.82) is 0 Å². The predicted octanol–water partition coefficient (Wildman–Crippen LogP) is 9.89. The number of nitrogens with one attached hydrogen (secondary N) is 1. The van der Waals surface area contributed by atoms with E-state index in [-0.39, 0.29) is 7.43 Å². The van der Waals surface area contributed by atoms with E-state index < -0.39 is 0 Å². The third-order valence-electron chi connectivity index (χ3n) is 7.23. The van der Waals surface area contributed by atoms with Crippen molar-refractivity contribution in [3.05, 3.63) is 24.0 Å². The first-order chi connectivity index (χ1) is 13.2. The Kier molecular flexibility index (Phi) is 12.1. The van der Waals surface area contributed by atoms with E-state index in [0.29, 0.717) is 16.2 Å². The topological polar surface area (TPSA) is 12.0 Å². The fourth-order valence-corrected chi connectivity index (χ4v) is 4.76. The van der Waals surface area contributed by atoms with E-state index in [1.807, 2.05) is 0 Å². The van der Waals surface area contributed by atoms with Crippen LogP contribution in [0.1, 0.15) is 134 Å². The molecular formula is C29H57N. The minimum absolute atomic E-state index is 0.